The number of hydrogen-bond acceptors (Lipinski definition) is 4. The minimum Gasteiger partial charge on any atom is -0.330 e. The molecule has 0 amide bonds. The van der Waals surface area contributed by atoms with Crippen LogP contribution in [0.2, 0.25) is 0 Å². The van der Waals surface area contributed by atoms with Crippen LogP contribution >= 0.6 is 33.2 Å². The molecule has 1 heterocycles. The molecule has 0 spiro atoms. The number of ether oxygens (including phenoxy) is 1. The Morgan fingerprint density at radius 1 is 0.667 bits per heavy atom. The number of benzene rings is 5. The Balaban J connectivity index is 0.00000504. The number of hydrogen-bond donors (Lipinski definition) is 3. The fourth-order valence-electron chi connectivity index (χ4n) is 6.70. The van der Waals surface area contributed by atoms with E-state index in [0.29, 0.717) is 25.1 Å². The van der Waals surface area contributed by atoms with Crippen molar-refractivity contribution in [3.63, 3.8) is 0 Å². The van der Waals surface area contributed by atoms with Crippen molar-refractivity contribution in [3.8, 4) is 5.75 Å². The van der Waals surface area contributed by atoms with Gasteiger partial charge >= 0.3 is 213 Å². The fourth-order valence-corrected chi connectivity index (χ4v) is 14.5. The maximum Gasteiger partial charge on any atom is 0.200 e. The van der Waals surface area contributed by atoms with Crippen molar-refractivity contribution in [2.24, 2.45) is 15.7 Å². The Labute approximate surface area is 317 Å². The molecule has 51 heavy (non-hydrogen) atoms. The third-order valence-electron chi connectivity index (χ3n) is 9.37. The molecule has 266 valence electrons. The predicted octanol–water partition coefficient (Wildman–Crippen LogP) is 8.38. The predicted molar refractivity (Wildman–Crippen MR) is 224 cm³/mol. The first-order valence-electron chi connectivity index (χ1n) is 17.6. The number of halogens is 2. The molecule has 1 unspecified atom stereocenters. The van der Waals surface area contributed by atoms with Crippen LogP contribution in [0.15, 0.2) is 156 Å². The van der Waals surface area contributed by atoms with E-state index >= 15 is 0 Å². The Hall–Kier alpha value is -4.16. The van der Waals surface area contributed by atoms with Gasteiger partial charge in [-0.2, -0.15) is 0 Å². The first-order chi connectivity index (χ1) is 24.5. The van der Waals surface area contributed by atoms with Gasteiger partial charge in [0.25, 0.3) is 0 Å². The molecule has 0 aromatic heterocycles. The normalized spacial score (nSPS) is 15.7. The van der Waals surface area contributed by atoms with Crippen LogP contribution in [0, 0.1) is 0 Å². The molecular weight excluding hydrogens is 737 g/mol. The van der Waals surface area contributed by atoms with Gasteiger partial charge in [0.15, 0.2) is 18.1 Å². The molecule has 9 heteroatoms. The zero-order chi connectivity index (χ0) is 34.5. The van der Waals surface area contributed by atoms with Crippen molar-refractivity contribution in [1.29, 1.82) is 0 Å². The molecule has 0 saturated carbocycles. The fraction of sp³-hybridized carbons (Fsp3) is 0.238. The maximum absolute atomic E-state index is 6.12. The molecule has 5 aromatic rings. The Morgan fingerprint density at radius 3 is 1.75 bits per heavy atom. The maximum atomic E-state index is 6.12. The quantitative estimate of drug-likeness (QED) is 0.0694. The standard InChI is InChI=1S/C42H47BrN5OP.ClH/c43-50(37-20-10-5-11-21-37,38-22-12-6-13-23-38,39-24-14-7-15-25-39)33-17-3-1-2-16-32-49-36-28-26-35(27-29-36)40-46-41(44)48-42(47-40)45-31-30-34-18-8-4-9-19-34;/h4-15,18-29,40H,1-3,16-17,30-33H2,(H4,44,45,46,47,48);1H. The molecule has 4 N–H and O–H groups in total. The zero-order valence-corrected chi connectivity index (χ0v) is 32.2. The van der Waals surface area contributed by atoms with Crippen LogP contribution in [0.4, 0.5) is 0 Å². The van der Waals surface area contributed by atoms with E-state index in [9.17, 15) is 0 Å². The minimum absolute atomic E-state index is 0. The van der Waals surface area contributed by atoms with Crippen LogP contribution < -0.4 is 37.0 Å². The molecule has 5 aromatic carbocycles. The number of nitrogens with one attached hydrogen (secondary N) is 2. The van der Waals surface area contributed by atoms with Gasteiger partial charge in [-0.05, 0) is 12.0 Å². The summed E-state index contributed by atoms with van der Waals surface area (Å²) in [6.07, 6.45) is 7.29. The van der Waals surface area contributed by atoms with E-state index < -0.39 is 5.31 Å². The largest absolute Gasteiger partial charge is 0.330 e. The van der Waals surface area contributed by atoms with Crippen molar-refractivity contribution in [1.82, 2.24) is 10.6 Å². The van der Waals surface area contributed by atoms with Crippen LogP contribution in [0.5, 0.6) is 5.75 Å². The summed E-state index contributed by atoms with van der Waals surface area (Å²) >= 11 is 4.58. The molecule has 6 nitrogen and oxygen atoms in total. The molecule has 0 radical (unpaired) electrons. The van der Waals surface area contributed by atoms with Gasteiger partial charge in [-0.25, -0.2) is 4.99 Å². The molecular formula is C42H48BrClN5OP. The van der Waals surface area contributed by atoms with E-state index in [1.807, 2.05) is 42.5 Å². The third kappa shape index (κ3) is 9.39. The summed E-state index contributed by atoms with van der Waals surface area (Å²) in [4.78, 5) is 9.19. The molecule has 1 atom stereocenters. The van der Waals surface area contributed by atoms with E-state index in [2.05, 4.69) is 139 Å². The van der Waals surface area contributed by atoms with Gasteiger partial charge in [-0.1, -0.05) is 30.3 Å². The van der Waals surface area contributed by atoms with E-state index in [1.165, 1.54) is 34.3 Å². The molecule has 1 aliphatic rings. The molecule has 0 aliphatic carbocycles. The second-order valence-corrected chi connectivity index (χ2v) is 21.8. The average Bonchev–Trinajstić information content (AvgIpc) is 3.17. The SMILES string of the molecule is Cl.NC1=NC(c2ccc(OCCCCCCCP(Br)(c3ccccc3)(c3ccccc3)c3ccccc3)cc2)NC(=NCCc2ccccc2)N1. The van der Waals surface area contributed by atoms with E-state index in [4.69, 9.17) is 10.5 Å². The van der Waals surface area contributed by atoms with Crippen LogP contribution in [-0.4, -0.2) is 31.2 Å². The number of aliphatic imine (C=N–C) groups is 2. The van der Waals surface area contributed by atoms with Gasteiger partial charge in [0.1, 0.15) is 0 Å². The van der Waals surface area contributed by atoms with Crippen molar-refractivity contribution in [3.05, 3.63) is 157 Å². The first-order valence-corrected chi connectivity index (χ1v) is 22.0. The Kier molecular flexibility index (Phi) is 13.7. The average molecular weight is 785 g/mol. The molecule has 0 bridgehead atoms. The Morgan fingerprint density at radius 2 is 1.18 bits per heavy atom. The minimum atomic E-state index is -2.85. The summed E-state index contributed by atoms with van der Waals surface area (Å²) in [6, 6.07) is 51.6. The summed E-state index contributed by atoms with van der Waals surface area (Å²) in [5.74, 6) is 1.85. The van der Waals surface area contributed by atoms with Gasteiger partial charge < -0.3 is 11.1 Å². The topological polar surface area (TPSA) is 84.0 Å². The van der Waals surface area contributed by atoms with Crippen molar-refractivity contribution < 1.29 is 4.74 Å². The number of unbranched alkanes of at least 4 members (excludes halogenated alkanes) is 4. The second kappa shape index (κ2) is 18.4. The summed E-state index contributed by atoms with van der Waals surface area (Å²) in [5.41, 5.74) is 8.35. The second-order valence-electron chi connectivity index (χ2n) is 12.8. The van der Waals surface area contributed by atoms with Gasteiger partial charge in [0, 0.05) is 6.54 Å². The number of nitrogens with two attached hydrogens (primary N) is 1. The van der Waals surface area contributed by atoms with Crippen LogP contribution in [0.25, 0.3) is 0 Å². The number of rotatable bonds is 16. The summed E-state index contributed by atoms with van der Waals surface area (Å²) in [7, 11) is 0. The van der Waals surface area contributed by atoms with Gasteiger partial charge in [0.05, 0.1) is 0 Å². The monoisotopic (exact) mass is 783 g/mol. The zero-order valence-electron chi connectivity index (χ0n) is 28.9. The van der Waals surface area contributed by atoms with Crippen molar-refractivity contribution >= 4 is 61.0 Å². The third-order valence-corrected chi connectivity index (χ3v) is 19.4. The molecule has 6 rings (SSSR count). The van der Waals surface area contributed by atoms with Crippen LogP contribution in [-0.2, 0) is 6.42 Å². The van der Waals surface area contributed by atoms with E-state index in [0.717, 1.165) is 43.2 Å². The molecule has 0 saturated heterocycles. The first kappa shape index (κ1) is 38.1. The van der Waals surface area contributed by atoms with Crippen molar-refractivity contribution in [2.75, 3.05) is 19.3 Å². The number of guanidine groups is 2. The summed E-state index contributed by atoms with van der Waals surface area (Å²) in [6.45, 7) is 1.35. The number of nitrogens with zero attached hydrogens (tertiary/aromatic N) is 2. The van der Waals surface area contributed by atoms with Crippen LogP contribution in [0.3, 0.4) is 0 Å². The molecule has 1 aliphatic heterocycles. The van der Waals surface area contributed by atoms with Gasteiger partial charge in [0.2, 0.25) is 0 Å². The molecule has 0 fully saturated rings. The summed E-state index contributed by atoms with van der Waals surface area (Å²) < 4.78 is 6.12. The van der Waals surface area contributed by atoms with E-state index in [1.54, 1.807) is 0 Å². The van der Waals surface area contributed by atoms with Gasteiger partial charge in [-0.3, -0.25) is 10.3 Å². The van der Waals surface area contributed by atoms with Gasteiger partial charge in [-0.15, -0.1) is 12.4 Å². The summed E-state index contributed by atoms with van der Waals surface area (Å²) in [5, 5.41) is 7.69. The van der Waals surface area contributed by atoms with E-state index in [-0.39, 0.29) is 18.6 Å². The van der Waals surface area contributed by atoms with Crippen molar-refractivity contribution in [2.45, 2.75) is 44.7 Å². The van der Waals surface area contributed by atoms with Crippen LogP contribution in [0.1, 0.15) is 49.4 Å². The smallest absolute Gasteiger partial charge is 0.200 e. The Bertz CT molecular complexity index is 1750.